The van der Waals surface area contributed by atoms with Gasteiger partial charge in [-0.2, -0.15) is 4.31 Å². The van der Waals surface area contributed by atoms with Crippen LogP contribution >= 0.6 is 11.6 Å². The third-order valence-corrected chi connectivity index (χ3v) is 8.87. The second kappa shape index (κ2) is 7.37. The lowest BCUT2D eigenvalue weighted by molar-refractivity contribution is -0.122. The van der Waals surface area contributed by atoms with Crippen molar-refractivity contribution in [3.8, 4) is 0 Å². The minimum atomic E-state index is -3.63. The van der Waals surface area contributed by atoms with Gasteiger partial charge in [0, 0.05) is 25.6 Å². The average Bonchev–Trinajstić information content (AvgIpc) is 3.45. The van der Waals surface area contributed by atoms with Crippen molar-refractivity contribution in [3.63, 3.8) is 0 Å². The molecule has 1 amide bonds. The molecule has 5 nitrogen and oxygen atoms in total. The molecule has 0 aromatic heterocycles. The van der Waals surface area contributed by atoms with E-state index in [0.717, 1.165) is 38.5 Å². The lowest BCUT2D eigenvalue weighted by Gasteiger charge is -2.38. The van der Waals surface area contributed by atoms with E-state index in [9.17, 15) is 13.2 Å². The third kappa shape index (κ3) is 3.76. The Balaban J connectivity index is 1.56. The molecular weight excluding hydrogens is 384 g/mol. The molecule has 3 aliphatic rings. The fraction of sp³-hybridized carbons (Fsp3) is 0.650. The van der Waals surface area contributed by atoms with Crippen molar-refractivity contribution in [2.75, 3.05) is 19.6 Å². The smallest absolute Gasteiger partial charge is 0.244 e. The van der Waals surface area contributed by atoms with E-state index in [-0.39, 0.29) is 33.1 Å². The highest BCUT2D eigenvalue weighted by Gasteiger charge is 2.50. The van der Waals surface area contributed by atoms with Crippen LogP contribution in [0.25, 0.3) is 0 Å². The van der Waals surface area contributed by atoms with Crippen molar-refractivity contribution in [1.82, 2.24) is 9.62 Å². The number of sulfonamides is 1. The van der Waals surface area contributed by atoms with Crippen LogP contribution in [0.1, 0.15) is 44.9 Å². The van der Waals surface area contributed by atoms with Crippen LogP contribution in [0.2, 0.25) is 5.02 Å². The van der Waals surface area contributed by atoms with Gasteiger partial charge in [-0.1, -0.05) is 43.0 Å². The Bertz CT molecular complexity index is 816. The molecule has 1 aromatic carbocycles. The van der Waals surface area contributed by atoms with Crippen molar-refractivity contribution >= 4 is 27.5 Å². The summed E-state index contributed by atoms with van der Waals surface area (Å²) >= 11 is 6.18. The van der Waals surface area contributed by atoms with Crippen LogP contribution in [0, 0.1) is 17.3 Å². The summed E-state index contributed by atoms with van der Waals surface area (Å²) < 4.78 is 28.1. The minimum Gasteiger partial charge on any atom is -0.356 e. The fourth-order valence-corrected chi connectivity index (χ4v) is 6.85. The maximum Gasteiger partial charge on any atom is 0.244 e. The minimum absolute atomic E-state index is 0.0244. The SMILES string of the molecule is O=C(NCC1CN(S(=O)(=O)c2ccccc2Cl)CC12CCCCC2)C1CC1. The molecule has 1 saturated heterocycles. The third-order valence-electron chi connectivity index (χ3n) is 6.56. The van der Waals surface area contributed by atoms with E-state index in [1.165, 1.54) is 6.42 Å². The molecule has 4 rings (SSSR count). The zero-order valence-electron chi connectivity index (χ0n) is 15.5. The molecule has 3 fully saturated rings. The summed E-state index contributed by atoms with van der Waals surface area (Å²) in [6.07, 6.45) is 7.50. The summed E-state index contributed by atoms with van der Waals surface area (Å²) in [5.74, 6) is 0.475. The van der Waals surface area contributed by atoms with E-state index in [2.05, 4.69) is 5.32 Å². The molecule has 148 valence electrons. The molecule has 2 aliphatic carbocycles. The van der Waals surface area contributed by atoms with Gasteiger partial charge in [-0.05, 0) is 49.1 Å². The molecule has 1 aromatic rings. The first-order valence-electron chi connectivity index (χ1n) is 9.95. The van der Waals surface area contributed by atoms with Gasteiger partial charge in [-0.15, -0.1) is 0 Å². The van der Waals surface area contributed by atoms with E-state index < -0.39 is 10.0 Å². The Morgan fingerprint density at radius 1 is 1.19 bits per heavy atom. The zero-order valence-corrected chi connectivity index (χ0v) is 17.1. The molecule has 1 aliphatic heterocycles. The van der Waals surface area contributed by atoms with Crippen molar-refractivity contribution < 1.29 is 13.2 Å². The number of carbonyl (C=O) groups is 1. The lowest BCUT2D eigenvalue weighted by atomic mass is 9.68. The van der Waals surface area contributed by atoms with E-state index in [1.807, 2.05) is 0 Å². The monoisotopic (exact) mass is 410 g/mol. The maximum absolute atomic E-state index is 13.2. The molecule has 7 heteroatoms. The van der Waals surface area contributed by atoms with Crippen LogP contribution in [0.3, 0.4) is 0 Å². The first-order valence-corrected chi connectivity index (χ1v) is 11.8. The molecule has 2 saturated carbocycles. The van der Waals surface area contributed by atoms with Crippen LogP contribution < -0.4 is 5.32 Å². The quantitative estimate of drug-likeness (QED) is 0.808. The van der Waals surface area contributed by atoms with Crippen molar-refractivity contribution in [1.29, 1.82) is 0 Å². The highest BCUT2D eigenvalue weighted by molar-refractivity contribution is 7.89. The summed E-state index contributed by atoms with van der Waals surface area (Å²) in [7, 11) is -3.63. The summed E-state index contributed by atoms with van der Waals surface area (Å²) in [6, 6.07) is 6.64. The van der Waals surface area contributed by atoms with Crippen LogP contribution in [0.4, 0.5) is 0 Å². The Morgan fingerprint density at radius 2 is 1.89 bits per heavy atom. The predicted octanol–water partition coefficient (Wildman–Crippen LogP) is 3.44. The molecule has 1 N–H and O–H groups in total. The average molecular weight is 411 g/mol. The Labute approximate surface area is 166 Å². The molecule has 1 heterocycles. The number of hydrogen-bond donors (Lipinski definition) is 1. The number of halogens is 1. The van der Waals surface area contributed by atoms with Gasteiger partial charge in [0.15, 0.2) is 0 Å². The zero-order chi connectivity index (χ0) is 19.1. The summed E-state index contributed by atoms with van der Waals surface area (Å²) in [5.41, 5.74) is -0.0244. The Morgan fingerprint density at radius 3 is 2.56 bits per heavy atom. The van der Waals surface area contributed by atoms with E-state index >= 15 is 0 Å². The van der Waals surface area contributed by atoms with Crippen molar-refractivity contribution in [2.24, 2.45) is 17.3 Å². The van der Waals surface area contributed by atoms with E-state index in [0.29, 0.717) is 19.6 Å². The first-order chi connectivity index (χ1) is 12.9. The molecule has 27 heavy (non-hydrogen) atoms. The number of hydrogen-bond acceptors (Lipinski definition) is 3. The predicted molar refractivity (Wildman–Crippen MR) is 105 cm³/mol. The van der Waals surface area contributed by atoms with Gasteiger partial charge in [0.2, 0.25) is 15.9 Å². The van der Waals surface area contributed by atoms with Gasteiger partial charge < -0.3 is 5.32 Å². The second-order valence-corrected chi connectivity index (χ2v) is 10.7. The molecule has 1 spiro atoms. The molecule has 0 radical (unpaired) electrons. The summed E-state index contributed by atoms with van der Waals surface area (Å²) in [5, 5.41) is 3.36. The van der Waals surface area contributed by atoms with Gasteiger partial charge in [0.05, 0.1) is 5.02 Å². The van der Waals surface area contributed by atoms with Crippen molar-refractivity contribution in [3.05, 3.63) is 29.3 Å². The number of benzene rings is 1. The van der Waals surface area contributed by atoms with Crippen LogP contribution in [0.15, 0.2) is 29.2 Å². The molecule has 1 unspecified atom stereocenters. The van der Waals surface area contributed by atoms with Gasteiger partial charge >= 0.3 is 0 Å². The van der Waals surface area contributed by atoms with Crippen LogP contribution in [-0.4, -0.2) is 38.3 Å². The maximum atomic E-state index is 13.2. The van der Waals surface area contributed by atoms with Crippen LogP contribution in [0.5, 0.6) is 0 Å². The topological polar surface area (TPSA) is 66.5 Å². The highest BCUT2D eigenvalue weighted by atomic mass is 35.5. The largest absolute Gasteiger partial charge is 0.356 e. The van der Waals surface area contributed by atoms with E-state index in [4.69, 9.17) is 11.6 Å². The van der Waals surface area contributed by atoms with Crippen LogP contribution in [-0.2, 0) is 14.8 Å². The van der Waals surface area contributed by atoms with Gasteiger partial charge in [0.25, 0.3) is 0 Å². The van der Waals surface area contributed by atoms with Gasteiger partial charge in [0.1, 0.15) is 4.90 Å². The highest BCUT2D eigenvalue weighted by Crippen LogP contribution is 2.49. The van der Waals surface area contributed by atoms with E-state index in [1.54, 1.807) is 28.6 Å². The number of nitrogens with zero attached hydrogens (tertiary/aromatic N) is 1. The number of rotatable bonds is 5. The summed E-state index contributed by atoms with van der Waals surface area (Å²) in [6.45, 7) is 1.56. The van der Waals surface area contributed by atoms with Gasteiger partial charge in [-0.3, -0.25) is 4.79 Å². The molecule has 1 atom stereocenters. The van der Waals surface area contributed by atoms with Crippen molar-refractivity contribution in [2.45, 2.75) is 49.8 Å². The Hall–Kier alpha value is -1.11. The molecule has 0 bridgehead atoms. The standard InChI is InChI=1S/C20H27ClN2O3S/c21-17-6-2-3-7-18(17)27(25,26)23-13-16(12-22-19(24)15-8-9-15)20(14-23)10-4-1-5-11-20/h2-3,6-7,15-16H,1,4-5,8-14H2,(H,22,24). The lowest BCUT2D eigenvalue weighted by Crippen LogP contribution is -2.40. The summed E-state index contributed by atoms with van der Waals surface area (Å²) in [4.78, 5) is 12.3. The molecular formula is C20H27ClN2O3S. The fourth-order valence-electron chi connectivity index (χ4n) is 4.78. The number of nitrogens with one attached hydrogen (secondary N) is 1. The normalized spacial score (nSPS) is 25.6. The number of carbonyl (C=O) groups excluding carboxylic acids is 1. The second-order valence-electron chi connectivity index (χ2n) is 8.37. The number of amides is 1. The first kappa shape index (κ1) is 19.2. The Kier molecular flexibility index (Phi) is 5.25. The van der Waals surface area contributed by atoms with Gasteiger partial charge in [-0.25, -0.2) is 8.42 Å².